The molecule has 0 aliphatic heterocycles. The van der Waals surface area contributed by atoms with E-state index in [4.69, 9.17) is 14.6 Å². The number of benzene rings is 2. The molecule has 0 aromatic heterocycles. The van der Waals surface area contributed by atoms with Gasteiger partial charge in [-0.25, -0.2) is 4.79 Å². The van der Waals surface area contributed by atoms with Gasteiger partial charge >= 0.3 is 5.97 Å². The molecule has 0 saturated heterocycles. The summed E-state index contributed by atoms with van der Waals surface area (Å²) in [5.74, 6) is -0.278. The van der Waals surface area contributed by atoms with Crippen molar-refractivity contribution in [1.82, 2.24) is 0 Å². The SMILES string of the molecule is CCCCOc1cc(/C=C/C(=O)Nc2ccccc2C(=O)O)ccc1OC. The minimum absolute atomic E-state index is 0.0373. The fourth-order valence-corrected chi connectivity index (χ4v) is 2.36. The highest BCUT2D eigenvalue weighted by molar-refractivity contribution is 6.06. The van der Waals surface area contributed by atoms with Gasteiger partial charge in [-0.3, -0.25) is 4.79 Å². The molecule has 0 fully saturated rings. The number of anilines is 1. The molecule has 6 heteroatoms. The van der Waals surface area contributed by atoms with Crippen molar-refractivity contribution < 1.29 is 24.2 Å². The van der Waals surface area contributed by atoms with E-state index < -0.39 is 11.9 Å². The predicted octanol–water partition coefficient (Wildman–Crippen LogP) is 4.22. The lowest BCUT2D eigenvalue weighted by atomic mass is 10.1. The van der Waals surface area contributed by atoms with Gasteiger partial charge in [0.1, 0.15) is 0 Å². The second-order valence-electron chi connectivity index (χ2n) is 5.79. The van der Waals surface area contributed by atoms with Crippen LogP contribution in [-0.4, -0.2) is 30.7 Å². The fourth-order valence-electron chi connectivity index (χ4n) is 2.36. The molecule has 2 rings (SSSR count). The number of carboxylic acid groups (broad SMARTS) is 1. The predicted molar refractivity (Wildman–Crippen MR) is 104 cm³/mol. The summed E-state index contributed by atoms with van der Waals surface area (Å²) in [7, 11) is 1.57. The first-order valence-electron chi connectivity index (χ1n) is 8.67. The molecule has 6 nitrogen and oxygen atoms in total. The smallest absolute Gasteiger partial charge is 0.337 e. The third-order valence-corrected chi connectivity index (χ3v) is 3.79. The average Bonchev–Trinajstić information content (AvgIpc) is 2.67. The number of methoxy groups -OCH3 is 1. The van der Waals surface area contributed by atoms with Crippen molar-refractivity contribution in [3.05, 3.63) is 59.7 Å². The maximum Gasteiger partial charge on any atom is 0.337 e. The van der Waals surface area contributed by atoms with Crippen molar-refractivity contribution in [3.63, 3.8) is 0 Å². The van der Waals surface area contributed by atoms with Crippen molar-refractivity contribution in [3.8, 4) is 11.5 Å². The number of hydrogen-bond donors (Lipinski definition) is 2. The van der Waals surface area contributed by atoms with Crippen LogP contribution in [-0.2, 0) is 4.79 Å². The second-order valence-corrected chi connectivity index (χ2v) is 5.79. The van der Waals surface area contributed by atoms with Gasteiger partial charge in [-0.1, -0.05) is 31.5 Å². The van der Waals surface area contributed by atoms with Crippen molar-refractivity contribution in [2.24, 2.45) is 0 Å². The molecule has 0 radical (unpaired) electrons. The molecule has 2 aromatic carbocycles. The van der Waals surface area contributed by atoms with Gasteiger partial charge in [-0.15, -0.1) is 0 Å². The van der Waals surface area contributed by atoms with Crippen LogP contribution in [0, 0.1) is 0 Å². The van der Waals surface area contributed by atoms with E-state index in [2.05, 4.69) is 12.2 Å². The van der Waals surface area contributed by atoms with E-state index in [1.54, 1.807) is 49.6 Å². The number of hydrogen-bond acceptors (Lipinski definition) is 4. The summed E-state index contributed by atoms with van der Waals surface area (Å²) in [4.78, 5) is 23.3. The van der Waals surface area contributed by atoms with Crippen molar-refractivity contribution in [2.75, 3.05) is 19.0 Å². The number of carbonyl (C=O) groups excluding carboxylic acids is 1. The van der Waals surface area contributed by atoms with E-state index in [-0.39, 0.29) is 11.3 Å². The van der Waals surface area contributed by atoms with Crippen LogP contribution < -0.4 is 14.8 Å². The summed E-state index contributed by atoms with van der Waals surface area (Å²) in [5, 5.41) is 11.7. The Bertz CT molecular complexity index is 829. The highest BCUT2D eigenvalue weighted by Crippen LogP contribution is 2.28. The Kier molecular flexibility index (Phi) is 7.43. The van der Waals surface area contributed by atoms with Crippen molar-refractivity contribution >= 4 is 23.6 Å². The standard InChI is InChI=1S/C21H23NO5/c1-3-4-13-27-19-14-15(9-11-18(19)26-2)10-12-20(23)22-17-8-6-5-7-16(17)21(24)25/h5-12,14H,3-4,13H2,1-2H3,(H,22,23)(H,24,25)/b12-10+. The maximum atomic E-state index is 12.1. The van der Waals surface area contributed by atoms with Crippen LogP contribution >= 0.6 is 0 Å². The van der Waals surface area contributed by atoms with Crippen LogP contribution in [0.2, 0.25) is 0 Å². The first-order chi connectivity index (χ1) is 13.0. The summed E-state index contributed by atoms with van der Waals surface area (Å²) >= 11 is 0. The van der Waals surface area contributed by atoms with Crippen LogP contribution in [0.4, 0.5) is 5.69 Å². The molecule has 0 aliphatic rings. The number of para-hydroxylation sites is 1. The van der Waals surface area contributed by atoms with Crippen LogP contribution in [0.1, 0.15) is 35.7 Å². The molecule has 27 heavy (non-hydrogen) atoms. The lowest BCUT2D eigenvalue weighted by Crippen LogP contribution is -2.11. The zero-order chi connectivity index (χ0) is 19.6. The molecule has 0 saturated carbocycles. The molecule has 0 spiro atoms. The first kappa shape index (κ1) is 20.0. The number of carboxylic acids is 1. The zero-order valence-corrected chi connectivity index (χ0v) is 15.4. The van der Waals surface area contributed by atoms with Gasteiger partial charge in [0.15, 0.2) is 11.5 Å². The van der Waals surface area contributed by atoms with Gasteiger partial charge < -0.3 is 19.9 Å². The minimum Gasteiger partial charge on any atom is -0.493 e. The van der Waals surface area contributed by atoms with E-state index in [9.17, 15) is 9.59 Å². The van der Waals surface area contributed by atoms with E-state index in [0.717, 1.165) is 18.4 Å². The molecule has 1 amide bonds. The normalized spacial score (nSPS) is 10.6. The summed E-state index contributed by atoms with van der Waals surface area (Å²) < 4.78 is 11.0. The van der Waals surface area contributed by atoms with Gasteiger partial charge in [0.05, 0.1) is 25.0 Å². The topological polar surface area (TPSA) is 84.9 Å². The number of rotatable bonds is 9. The molecular formula is C21H23NO5. The quantitative estimate of drug-likeness (QED) is 0.510. The molecule has 0 atom stereocenters. The summed E-state index contributed by atoms with van der Waals surface area (Å²) in [6.07, 6.45) is 4.94. The Morgan fingerprint density at radius 3 is 2.63 bits per heavy atom. The minimum atomic E-state index is -1.10. The van der Waals surface area contributed by atoms with Crippen LogP contribution in [0.5, 0.6) is 11.5 Å². The van der Waals surface area contributed by atoms with Gasteiger partial charge in [-0.05, 0) is 42.3 Å². The second kappa shape index (κ2) is 10.0. The molecule has 0 unspecified atom stereocenters. The molecule has 2 N–H and O–H groups in total. The largest absolute Gasteiger partial charge is 0.493 e. The van der Waals surface area contributed by atoms with E-state index >= 15 is 0 Å². The zero-order valence-electron chi connectivity index (χ0n) is 15.4. The van der Waals surface area contributed by atoms with E-state index in [0.29, 0.717) is 18.1 Å². The molecule has 0 aliphatic carbocycles. The summed E-state index contributed by atoms with van der Waals surface area (Å²) in [6, 6.07) is 11.6. The number of aromatic carboxylic acids is 1. The van der Waals surface area contributed by atoms with Crippen molar-refractivity contribution in [2.45, 2.75) is 19.8 Å². The van der Waals surface area contributed by atoms with Crippen LogP contribution in [0.15, 0.2) is 48.5 Å². The van der Waals surface area contributed by atoms with Gasteiger partial charge in [0, 0.05) is 6.08 Å². The first-order valence-corrected chi connectivity index (χ1v) is 8.67. The number of unbranched alkanes of at least 4 members (excludes halogenated alkanes) is 1. The Morgan fingerprint density at radius 2 is 1.93 bits per heavy atom. The van der Waals surface area contributed by atoms with Crippen molar-refractivity contribution in [1.29, 1.82) is 0 Å². The third-order valence-electron chi connectivity index (χ3n) is 3.79. The van der Waals surface area contributed by atoms with Crippen LogP contribution in [0.3, 0.4) is 0 Å². The highest BCUT2D eigenvalue weighted by Gasteiger charge is 2.10. The fraction of sp³-hybridized carbons (Fsp3) is 0.238. The molecule has 2 aromatic rings. The lowest BCUT2D eigenvalue weighted by molar-refractivity contribution is -0.111. The Hall–Kier alpha value is -3.28. The number of amides is 1. The summed E-state index contributed by atoms with van der Waals surface area (Å²) in [5.41, 5.74) is 1.05. The molecule has 142 valence electrons. The van der Waals surface area contributed by atoms with E-state index in [1.165, 1.54) is 12.1 Å². The number of nitrogens with one attached hydrogen (secondary N) is 1. The monoisotopic (exact) mass is 369 g/mol. The Balaban J connectivity index is 2.09. The Morgan fingerprint density at radius 1 is 1.15 bits per heavy atom. The van der Waals surface area contributed by atoms with Crippen LogP contribution in [0.25, 0.3) is 6.08 Å². The Labute approximate surface area is 158 Å². The van der Waals surface area contributed by atoms with E-state index in [1.807, 2.05) is 0 Å². The van der Waals surface area contributed by atoms with Gasteiger partial charge in [0.2, 0.25) is 5.91 Å². The lowest BCUT2D eigenvalue weighted by Gasteiger charge is -2.11. The molecule has 0 bridgehead atoms. The van der Waals surface area contributed by atoms with Gasteiger partial charge in [-0.2, -0.15) is 0 Å². The summed E-state index contributed by atoms with van der Waals surface area (Å²) in [6.45, 7) is 2.67. The van der Waals surface area contributed by atoms with Gasteiger partial charge in [0.25, 0.3) is 0 Å². The number of carbonyl (C=O) groups is 2. The third kappa shape index (κ3) is 5.88. The highest BCUT2D eigenvalue weighted by atomic mass is 16.5. The average molecular weight is 369 g/mol. The molecular weight excluding hydrogens is 346 g/mol. The maximum absolute atomic E-state index is 12.1. The number of ether oxygens (including phenoxy) is 2. The molecule has 0 heterocycles.